The van der Waals surface area contributed by atoms with Crippen molar-refractivity contribution in [1.29, 1.82) is 0 Å². The third-order valence-corrected chi connectivity index (χ3v) is 7.04. The van der Waals surface area contributed by atoms with Crippen LogP contribution in [0.1, 0.15) is 76.1 Å². The molecule has 0 amide bonds. The quantitative estimate of drug-likeness (QED) is 0.377. The van der Waals surface area contributed by atoms with Gasteiger partial charge in [0.15, 0.2) is 17.3 Å². The van der Waals surface area contributed by atoms with Crippen LogP contribution in [-0.4, -0.2) is 22.5 Å². The molecule has 4 aromatic carbocycles. The molecule has 1 unspecified atom stereocenters. The standard InChI is InChI=1S/C30H20O4/c1-15-11-13-17(25-23(15)27(31)19-7-3-5-9-21(19)29(25)33)18-14-12-16(2)24-26(18)30(34)22-10-6-4-8-20(22)28(24)32/h3-14,27,31H,1-2H3. The van der Waals surface area contributed by atoms with Crippen LogP contribution in [-0.2, 0) is 0 Å². The van der Waals surface area contributed by atoms with Crippen LogP contribution < -0.4 is 0 Å². The lowest BCUT2D eigenvalue weighted by atomic mass is 9.74. The highest BCUT2D eigenvalue weighted by molar-refractivity contribution is 6.31. The SMILES string of the molecule is Cc1ccc(-c2ccc(C)c3c2C(=O)c2ccccc2C3O)c2c1C(=O)c1ccccc1C2=O. The van der Waals surface area contributed by atoms with E-state index >= 15 is 0 Å². The lowest BCUT2D eigenvalue weighted by Crippen LogP contribution is -2.24. The van der Waals surface area contributed by atoms with E-state index in [0.29, 0.717) is 61.2 Å². The van der Waals surface area contributed by atoms with Crippen molar-refractivity contribution in [2.75, 3.05) is 0 Å². The topological polar surface area (TPSA) is 71.4 Å². The maximum absolute atomic E-state index is 13.7. The van der Waals surface area contributed by atoms with Crippen molar-refractivity contribution in [3.05, 3.63) is 128 Å². The number of carbonyl (C=O) groups excluding carboxylic acids is 3. The molecule has 1 atom stereocenters. The summed E-state index contributed by atoms with van der Waals surface area (Å²) in [5, 5.41) is 11.2. The highest BCUT2D eigenvalue weighted by Crippen LogP contribution is 2.44. The number of aryl methyl sites for hydroxylation is 2. The Morgan fingerprint density at radius 1 is 0.529 bits per heavy atom. The van der Waals surface area contributed by atoms with Gasteiger partial charge in [0.1, 0.15) is 6.10 Å². The minimum atomic E-state index is -0.955. The zero-order valence-corrected chi connectivity index (χ0v) is 18.7. The van der Waals surface area contributed by atoms with Crippen molar-refractivity contribution < 1.29 is 19.5 Å². The molecule has 0 heterocycles. The summed E-state index contributed by atoms with van der Waals surface area (Å²) in [4.78, 5) is 40.8. The van der Waals surface area contributed by atoms with Gasteiger partial charge in [-0.3, -0.25) is 14.4 Å². The zero-order valence-electron chi connectivity index (χ0n) is 18.7. The molecule has 2 aliphatic carbocycles. The monoisotopic (exact) mass is 444 g/mol. The van der Waals surface area contributed by atoms with Crippen molar-refractivity contribution in [3.8, 4) is 11.1 Å². The van der Waals surface area contributed by atoms with Gasteiger partial charge in [-0.25, -0.2) is 0 Å². The molecule has 0 bridgehead atoms. The number of hydrogen-bond acceptors (Lipinski definition) is 4. The Labute approximate surface area is 196 Å². The fraction of sp³-hybridized carbons (Fsp3) is 0.100. The van der Waals surface area contributed by atoms with Crippen LogP contribution in [0, 0.1) is 13.8 Å². The van der Waals surface area contributed by atoms with Crippen LogP contribution in [0.25, 0.3) is 11.1 Å². The van der Waals surface area contributed by atoms with E-state index in [2.05, 4.69) is 0 Å². The summed E-state index contributed by atoms with van der Waals surface area (Å²) in [6.45, 7) is 3.68. The van der Waals surface area contributed by atoms with Gasteiger partial charge in [0.2, 0.25) is 0 Å². The van der Waals surface area contributed by atoms with Gasteiger partial charge in [-0.05, 0) is 47.2 Å². The molecule has 0 saturated heterocycles. The molecule has 6 rings (SSSR count). The first kappa shape index (κ1) is 20.5. The number of aliphatic hydroxyl groups is 1. The van der Waals surface area contributed by atoms with Crippen molar-refractivity contribution in [2.45, 2.75) is 20.0 Å². The van der Waals surface area contributed by atoms with Crippen LogP contribution in [0.15, 0.2) is 72.8 Å². The van der Waals surface area contributed by atoms with Gasteiger partial charge in [0.25, 0.3) is 0 Å². The Morgan fingerprint density at radius 2 is 1.03 bits per heavy atom. The highest BCUT2D eigenvalue weighted by atomic mass is 16.3. The van der Waals surface area contributed by atoms with Crippen molar-refractivity contribution in [1.82, 2.24) is 0 Å². The lowest BCUT2D eigenvalue weighted by molar-refractivity contribution is 0.0979. The number of benzene rings is 4. The lowest BCUT2D eigenvalue weighted by Gasteiger charge is -2.29. The fourth-order valence-corrected chi connectivity index (χ4v) is 5.39. The van der Waals surface area contributed by atoms with E-state index < -0.39 is 6.10 Å². The van der Waals surface area contributed by atoms with E-state index in [0.717, 1.165) is 5.56 Å². The van der Waals surface area contributed by atoms with Gasteiger partial charge in [-0.2, -0.15) is 0 Å². The smallest absolute Gasteiger partial charge is 0.195 e. The largest absolute Gasteiger partial charge is 0.384 e. The minimum absolute atomic E-state index is 0.192. The second kappa shape index (κ2) is 7.17. The summed E-state index contributed by atoms with van der Waals surface area (Å²) in [6.07, 6.45) is -0.955. The van der Waals surface area contributed by atoms with Gasteiger partial charge in [0.05, 0.1) is 0 Å². The van der Waals surface area contributed by atoms with Crippen molar-refractivity contribution in [3.63, 3.8) is 0 Å². The normalized spacial score (nSPS) is 16.0. The molecular formula is C30H20O4. The molecule has 4 nitrogen and oxygen atoms in total. The van der Waals surface area contributed by atoms with E-state index in [4.69, 9.17) is 0 Å². The molecule has 0 saturated carbocycles. The summed E-state index contributed by atoms with van der Waals surface area (Å²) in [5.41, 5.74) is 6.00. The number of fused-ring (bicyclic) bond motifs is 4. The summed E-state index contributed by atoms with van der Waals surface area (Å²) in [6, 6.07) is 21.2. The maximum atomic E-state index is 13.7. The summed E-state index contributed by atoms with van der Waals surface area (Å²) < 4.78 is 0. The molecule has 0 spiro atoms. The molecule has 0 aliphatic heterocycles. The molecule has 0 aromatic heterocycles. The van der Waals surface area contributed by atoms with E-state index in [1.807, 2.05) is 32.0 Å². The Hall–Kier alpha value is -4.15. The summed E-state index contributed by atoms with van der Waals surface area (Å²) in [7, 11) is 0. The second-order valence-corrected chi connectivity index (χ2v) is 8.92. The van der Waals surface area contributed by atoms with Crippen LogP contribution in [0.5, 0.6) is 0 Å². The van der Waals surface area contributed by atoms with Gasteiger partial charge in [-0.1, -0.05) is 72.8 Å². The van der Waals surface area contributed by atoms with Crippen LogP contribution >= 0.6 is 0 Å². The van der Waals surface area contributed by atoms with E-state index in [-0.39, 0.29) is 17.3 Å². The predicted octanol–water partition coefficient (Wildman–Crippen LogP) is 5.37. The highest BCUT2D eigenvalue weighted by Gasteiger charge is 2.37. The minimum Gasteiger partial charge on any atom is -0.384 e. The average Bonchev–Trinajstić information content (AvgIpc) is 2.86. The molecular weight excluding hydrogens is 424 g/mol. The third-order valence-electron chi connectivity index (χ3n) is 7.04. The fourth-order valence-electron chi connectivity index (χ4n) is 5.39. The van der Waals surface area contributed by atoms with Crippen LogP contribution in [0.3, 0.4) is 0 Å². The summed E-state index contributed by atoms with van der Waals surface area (Å²) in [5.74, 6) is -0.622. The van der Waals surface area contributed by atoms with Crippen LogP contribution in [0.2, 0.25) is 0 Å². The second-order valence-electron chi connectivity index (χ2n) is 8.92. The van der Waals surface area contributed by atoms with Gasteiger partial charge < -0.3 is 5.11 Å². The Bertz CT molecular complexity index is 1590. The predicted molar refractivity (Wildman–Crippen MR) is 129 cm³/mol. The first-order chi connectivity index (χ1) is 16.4. The molecule has 4 aromatic rings. The molecule has 0 radical (unpaired) electrons. The van der Waals surface area contributed by atoms with E-state index in [1.54, 1.807) is 54.6 Å². The molecule has 4 heteroatoms. The van der Waals surface area contributed by atoms with Gasteiger partial charge in [0, 0.05) is 33.4 Å². The number of aliphatic hydroxyl groups excluding tert-OH is 1. The Balaban J connectivity index is 1.67. The number of ketones is 3. The number of carbonyl (C=O) groups is 3. The Kier molecular flexibility index (Phi) is 4.32. The molecule has 0 fully saturated rings. The summed E-state index contributed by atoms with van der Waals surface area (Å²) >= 11 is 0. The number of hydrogen-bond donors (Lipinski definition) is 1. The van der Waals surface area contributed by atoms with Crippen LogP contribution in [0.4, 0.5) is 0 Å². The molecule has 1 N–H and O–H groups in total. The van der Waals surface area contributed by atoms with Crippen molar-refractivity contribution >= 4 is 17.3 Å². The maximum Gasteiger partial charge on any atom is 0.195 e. The Morgan fingerprint density at radius 3 is 1.71 bits per heavy atom. The first-order valence-corrected chi connectivity index (χ1v) is 11.2. The first-order valence-electron chi connectivity index (χ1n) is 11.2. The zero-order chi connectivity index (χ0) is 23.7. The van der Waals surface area contributed by atoms with Gasteiger partial charge >= 0.3 is 0 Å². The van der Waals surface area contributed by atoms with Gasteiger partial charge in [-0.15, -0.1) is 0 Å². The van der Waals surface area contributed by atoms with Crippen molar-refractivity contribution in [2.24, 2.45) is 0 Å². The number of rotatable bonds is 1. The third kappa shape index (κ3) is 2.60. The van der Waals surface area contributed by atoms with E-state index in [9.17, 15) is 19.5 Å². The molecule has 34 heavy (non-hydrogen) atoms. The molecule has 2 aliphatic rings. The molecule has 164 valence electrons. The van der Waals surface area contributed by atoms with E-state index in [1.165, 1.54) is 0 Å². The average molecular weight is 444 g/mol.